The molecule has 0 N–H and O–H groups in total. The summed E-state index contributed by atoms with van der Waals surface area (Å²) in [5.74, 6) is 0.554. The summed E-state index contributed by atoms with van der Waals surface area (Å²) in [6, 6.07) is 7.63. The van der Waals surface area contributed by atoms with Crippen LogP contribution in [-0.4, -0.2) is 4.21 Å². The van der Waals surface area contributed by atoms with Crippen molar-refractivity contribution in [3.63, 3.8) is 0 Å². The second kappa shape index (κ2) is 4.77. The Morgan fingerprint density at radius 3 is 2.31 bits per heavy atom. The average Bonchev–Trinajstić information content (AvgIpc) is 2.17. The van der Waals surface area contributed by atoms with E-state index in [2.05, 4.69) is 13.8 Å². The molecular formula is C10H13ClOS. The van der Waals surface area contributed by atoms with Crippen LogP contribution in [0.2, 0.25) is 0 Å². The Balaban J connectivity index is 2.87. The quantitative estimate of drug-likeness (QED) is 0.708. The summed E-state index contributed by atoms with van der Waals surface area (Å²) in [4.78, 5) is 0.675. The van der Waals surface area contributed by atoms with Crippen molar-refractivity contribution >= 4 is 20.7 Å². The minimum absolute atomic E-state index is 0.554. The molecule has 2 atom stereocenters. The molecule has 0 aliphatic rings. The van der Waals surface area contributed by atoms with Crippen molar-refractivity contribution in [1.29, 1.82) is 0 Å². The molecule has 72 valence electrons. The molecule has 0 aromatic heterocycles. The highest BCUT2D eigenvalue weighted by Crippen LogP contribution is 2.20. The maximum absolute atomic E-state index is 10.9. The molecule has 3 heteroatoms. The second-order valence-corrected chi connectivity index (χ2v) is 4.86. The van der Waals surface area contributed by atoms with Crippen molar-refractivity contribution in [1.82, 2.24) is 0 Å². The molecule has 0 spiro atoms. The van der Waals surface area contributed by atoms with Crippen LogP contribution in [0.3, 0.4) is 0 Å². The fourth-order valence-corrected chi connectivity index (χ4v) is 1.80. The van der Waals surface area contributed by atoms with E-state index >= 15 is 0 Å². The third kappa shape index (κ3) is 2.82. The van der Waals surface area contributed by atoms with E-state index in [0.717, 1.165) is 6.42 Å². The summed E-state index contributed by atoms with van der Waals surface area (Å²) in [5.41, 5.74) is 1.27. The zero-order valence-corrected chi connectivity index (χ0v) is 9.36. The van der Waals surface area contributed by atoms with Crippen LogP contribution >= 0.6 is 10.7 Å². The van der Waals surface area contributed by atoms with Gasteiger partial charge in [0.05, 0.1) is 4.90 Å². The molecule has 0 fully saturated rings. The molecule has 0 saturated carbocycles. The van der Waals surface area contributed by atoms with Crippen molar-refractivity contribution in [3.05, 3.63) is 29.8 Å². The van der Waals surface area contributed by atoms with Crippen molar-refractivity contribution in [2.24, 2.45) is 0 Å². The Labute approximate surface area is 86.1 Å². The molecular weight excluding hydrogens is 204 g/mol. The third-order valence-electron chi connectivity index (χ3n) is 2.25. The fourth-order valence-electron chi connectivity index (χ4n) is 1.14. The predicted octanol–water partition coefficient (Wildman–Crippen LogP) is 3.46. The van der Waals surface area contributed by atoms with Crippen LogP contribution in [0.25, 0.3) is 0 Å². The minimum atomic E-state index is -1.38. The van der Waals surface area contributed by atoms with E-state index in [1.165, 1.54) is 5.56 Å². The van der Waals surface area contributed by atoms with Crippen LogP contribution in [0.5, 0.6) is 0 Å². The maximum Gasteiger partial charge on any atom is 0.147 e. The van der Waals surface area contributed by atoms with Crippen LogP contribution in [-0.2, 0) is 10.0 Å². The van der Waals surface area contributed by atoms with E-state index < -0.39 is 10.0 Å². The van der Waals surface area contributed by atoms with Gasteiger partial charge in [0, 0.05) is 0 Å². The summed E-state index contributed by atoms with van der Waals surface area (Å²) in [6.07, 6.45) is 1.11. The molecule has 1 nitrogen and oxygen atoms in total. The number of hydrogen-bond acceptors (Lipinski definition) is 1. The topological polar surface area (TPSA) is 17.1 Å². The van der Waals surface area contributed by atoms with E-state index in [0.29, 0.717) is 10.8 Å². The largest absolute Gasteiger partial charge is 0.237 e. The second-order valence-electron chi connectivity index (χ2n) is 3.10. The minimum Gasteiger partial charge on any atom is -0.237 e. The summed E-state index contributed by atoms with van der Waals surface area (Å²) >= 11 is 0. The Hall–Kier alpha value is -0.340. The number of hydrogen-bond donors (Lipinski definition) is 0. The van der Waals surface area contributed by atoms with Gasteiger partial charge in [0.15, 0.2) is 0 Å². The summed E-state index contributed by atoms with van der Waals surface area (Å²) in [6.45, 7) is 4.32. The van der Waals surface area contributed by atoms with E-state index in [1.807, 2.05) is 24.3 Å². The number of rotatable bonds is 3. The summed E-state index contributed by atoms with van der Waals surface area (Å²) < 4.78 is 10.9. The van der Waals surface area contributed by atoms with Gasteiger partial charge in [-0.05, 0) is 40.7 Å². The Morgan fingerprint density at radius 1 is 1.38 bits per heavy atom. The van der Waals surface area contributed by atoms with E-state index in [1.54, 1.807) is 0 Å². The number of halogens is 1. The van der Waals surface area contributed by atoms with Crippen molar-refractivity contribution in [3.8, 4) is 0 Å². The van der Waals surface area contributed by atoms with Gasteiger partial charge in [-0.15, -0.1) is 0 Å². The lowest BCUT2D eigenvalue weighted by Crippen LogP contribution is -1.91. The van der Waals surface area contributed by atoms with Gasteiger partial charge >= 0.3 is 0 Å². The molecule has 0 bridgehead atoms. The first kappa shape index (κ1) is 10.7. The molecule has 0 saturated heterocycles. The van der Waals surface area contributed by atoms with Gasteiger partial charge in [0.1, 0.15) is 10.0 Å². The first-order valence-electron chi connectivity index (χ1n) is 4.33. The summed E-state index contributed by atoms with van der Waals surface area (Å²) in [7, 11) is 4.06. The SMILES string of the molecule is CCC(C)c1ccc(S(=O)Cl)cc1. The van der Waals surface area contributed by atoms with Gasteiger partial charge in [-0.1, -0.05) is 26.0 Å². The van der Waals surface area contributed by atoms with Crippen LogP contribution < -0.4 is 0 Å². The Kier molecular flexibility index (Phi) is 3.94. The van der Waals surface area contributed by atoms with Gasteiger partial charge in [-0.2, -0.15) is 0 Å². The highest BCUT2D eigenvalue weighted by Gasteiger charge is 2.03. The lowest BCUT2D eigenvalue weighted by molar-refractivity contribution is 0.691. The molecule has 0 aliphatic heterocycles. The van der Waals surface area contributed by atoms with Crippen LogP contribution in [0.4, 0.5) is 0 Å². The van der Waals surface area contributed by atoms with Gasteiger partial charge in [-0.3, -0.25) is 0 Å². The van der Waals surface area contributed by atoms with E-state index in [9.17, 15) is 4.21 Å². The van der Waals surface area contributed by atoms with E-state index in [-0.39, 0.29) is 0 Å². The average molecular weight is 217 g/mol. The third-order valence-corrected chi connectivity index (χ3v) is 3.42. The van der Waals surface area contributed by atoms with Crippen LogP contribution in [0.15, 0.2) is 29.2 Å². The molecule has 2 unspecified atom stereocenters. The van der Waals surface area contributed by atoms with Gasteiger partial charge < -0.3 is 0 Å². The standard InChI is InChI=1S/C10H13ClOS/c1-3-8(2)9-4-6-10(7-5-9)13(11)12/h4-8H,3H2,1-2H3. The smallest absolute Gasteiger partial charge is 0.147 e. The molecule has 1 rings (SSSR count). The highest BCUT2D eigenvalue weighted by molar-refractivity contribution is 8.08. The Morgan fingerprint density at radius 2 is 1.92 bits per heavy atom. The van der Waals surface area contributed by atoms with Crippen molar-refractivity contribution < 1.29 is 4.21 Å². The zero-order chi connectivity index (χ0) is 9.84. The molecule has 1 aromatic carbocycles. The first-order chi connectivity index (χ1) is 6.15. The molecule has 0 amide bonds. The number of benzene rings is 1. The van der Waals surface area contributed by atoms with Gasteiger partial charge in [0.25, 0.3) is 0 Å². The molecule has 0 heterocycles. The molecule has 13 heavy (non-hydrogen) atoms. The molecule has 0 radical (unpaired) electrons. The van der Waals surface area contributed by atoms with Gasteiger partial charge in [0.2, 0.25) is 0 Å². The fraction of sp³-hybridized carbons (Fsp3) is 0.400. The lowest BCUT2D eigenvalue weighted by Gasteiger charge is -2.08. The van der Waals surface area contributed by atoms with Crippen molar-refractivity contribution in [2.45, 2.75) is 31.1 Å². The molecule has 1 aromatic rings. The van der Waals surface area contributed by atoms with Gasteiger partial charge in [-0.25, -0.2) is 4.21 Å². The normalized spacial score (nSPS) is 15.3. The predicted molar refractivity (Wildman–Crippen MR) is 57.4 cm³/mol. The monoisotopic (exact) mass is 216 g/mol. The maximum atomic E-state index is 10.9. The zero-order valence-electron chi connectivity index (χ0n) is 7.79. The first-order valence-corrected chi connectivity index (χ1v) is 6.30. The van der Waals surface area contributed by atoms with Crippen LogP contribution in [0.1, 0.15) is 31.7 Å². The summed E-state index contributed by atoms with van der Waals surface area (Å²) in [5, 5.41) is 0. The van der Waals surface area contributed by atoms with Crippen molar-refractivity contribution in [2.75, 3.05) is 0 Å². The highest BCUT2D eigenvalue weighted by atomic mass is 35.7. The molecule has 0 aliphatic carbocycles. The lowest BCUT2D eigenvalue weighted by atomic mass is 9.99. The van der Waals surface area contributed by atoms with Crippen LogP contribution in [0, 0.1) is 0 Å². The Bertz CT molecular complexity index is 294. The van der Waals surface area contributed by atoms with E-state index in [4.69, 9.17) is 10.7 Å².